The largest absolute Gasteiger partial charge is 0.388 e. The Bertz CT molecular complexity index is 552. The van der Waals surface area contributed by atoms with Crippen LogP contribution in [0.2, 0.25) is 0 Å². The summed E-state index contributed by atoms with van der Waals surface area (Å²) in [5.74, 6) is 0.800. The van der Waals surface area contributed by atoms with Crippen LogP contribution in [0.25, 0.3) is 0 Å². The van der Waals surface area contributed by atoms with Gasteiger partial charge in [0.15, 0.2) is 0 Å². The molecule has 0 amide bonds. The number of anilines is 1. The molecule has 0 saturated carbocycles. The van der Waals surface area contributed by atoms with Crippen LogP contribution >= 0.6 is 0 Å². The van der Waals surface area contributed by atoms with E-state index in [1.807, 2.05) is 30.2 Å². The molecule has 0 bridgehead atoms. The van der Waals surface area contributed by atoms with Crippen molar-refractivity contribution >= 4 is 11.8 Å². The molecule has 20 heavy (non-hydrogen) atoms. The van der Waals surface area contributed by atoms with Gasteiger partial charge in [-0.3, -0.25) is 10.4 Å². The van der Waals surface area contributed by atoms with Crippen LogP contribution in [0, 0.1) is 12.3 Å². The lowest BCUT2D eigenvalue weighted by atomic mass is 10.2. The second-order valence-electron chi connectivity index (χ2n) is 4.62. The fraction of sp³-hybridized carbons (Fsp3) is 0.286. The molecule has 0 aliphatic rings. The van der Waals surface area contributed by atoms with E-state index in [2.05, 4.69) is 15.0 Å². The van der Waals surface area contributed by atoms with Crippen molar-refractivity contribution < 1.29 is 0 Å². The summed E-state index contributed by atoms with van der Waals surface area (Å²) in [6.07, 6.45) is 7.61. The third kappa shape index (κ3) is 4.01. The molecule has 6 nitrogen and oxygen atoms in total. The molecule has 104 valence electrons. The summed E-state index contributed by atoms with van der Waals surface area (Å²) in [5, 5.41) is 7.36. The van der Waals surface area contributed by atoms with Gasteiger partial charge in [-0.25, -0.2) is 9.97 Å². The van der Waals surface area contributed by atoms with Crippen LogP contribution in [0.3, 0.4) is 0 Å². The number of nitrogens with two attached hydrogens (primary N) is 1. The lowest BCUT2D eigenvalue weighted by Gasteiger charge is -2.22. The molecule has 0 unspecified atom stereocenters. The lowest BCUT2D eigenvalue weighted by molar-refractivity contribution is 0.764. The summed E-state index contributed by atoms with van der Waals surface area (Å²) in [6, 6.07) is 3.90. The van der Waals surface area contributed by atoms with E-state index in [4.69, 9.17) is 11.1 Å². The predicted octanol–water partition coefficient (Wildman–Crippen LogP) is 1.51. The van der Waals surface area contributed by atoms with Gasteiger partial charge in [-0.15, -0.1) is 0 Å². The summed E-state index contributed by atoms with van der Waals surface area (Å²) in [7, 11) is 0. The van der Waals surface area contributed by atoms with Gasteiger partial charge in [0.25, 0.3) is 0 Å². The zero-order valence-corrected chi connectivity index (χ0v) is 11.5. The standard InChI is InChI=1S/C14H18N6/c1-11-7-18-14(19-8-11)20(6-4-13(15)16)10-12-3-2-5-17-9-12/h2-3,5,7-9H,4,6,10H2,1H3,(H3,15,16). The Kier molecular flexibility index (Phi) is 4.60. The SMILES string of the molecule is Cc1cnc(N(CCC(=N)N)Cc2cccnc2)nc1. The van der Waals surface area contributed by atoms with Crippen LogP contribution < -0.4 is 10.6 Å². The molecule has 0 aliphatic heterocycles. The topological polar surface area (TPSA) is 91.8 Å². The molecule has 0 saturated heterocycles. The highest BCUT2D eigenvalue weighted by molar-refractivity contribution is 5.77. The normalized spacial score (nSPS) is 10.2. The number of nitrogens with one attached hydrogen (secondary N) is 1. The maximum Gasteiger partial charge on any atom is 0.225 e. The molecule has 0 aliphatic carbocycles. The average Bonchev–Trinajstić information content (AvgIpc) is 2.45. The second kappa shape index (κ2) is 6.60. The summed E-state index contributed by atoms with van der Waals surface area (Å²) in [4.78, 5) is 14.8. The smallest absolute Gasteiger partial charge is 0.225 e. The van der Waals surface area contributed by atoms with Gasteiger partial charge in [0.2, 0.25) is 5.95 Å². The lowest BCUT2D eigenvalue weighted by Crippen LogP contribution is -2.29. The third-order valence-electron chi connectivity index (χ3n) is 2.80. The summed E-state index contributed by atoms with van der Waals surface area (Å²) in [5.41, 5.74) is 7.52. The van der Waals surface area contributed by atoms with Crippen molar-refractivity contribution in [2.45, 2.75) is 19.9 Å². The molecule has 0 radical (unpaired) electrons. The highest BCUT2D eigenvalue weighted by Gasteiger charge is 2.10. The van der Waals surface area contributed by atoms with E-state index in [0.717, 1.165) is 11.1 Å². The molecule has 0 aromatic carbocycles. The number of hydrogen-bond donors (Lipinski definition) is 2. The van der Waals surface area contributed by atoms with E-state index in [-0.39, 0.29) is 5.84 Å². The number of hydrogen-bond acceptors (Lipinski definition) is 5. The van der Waals surface area contributed by atoms with E-state index >= 15 is 0 Å². The zero-order valence-electron chi connectivity index (χ0n) is 11.5. The van der Waals surface area contributed by atoms with Gasteiger partial charge < -0.3 is 10.6 Å². The van der Waals surface area contributed by atoms with Crippen molar-refractivity contribution in [1.82, 2.24) is 15.0 Å². The molecule has 0 spiro atoms. The second-order valence-corrected chi connectivity index (χ2v) is 4.62. The van der Waals surface area contributed by atoms with Crippen LogP contribution in [0.4, 0.5) is 5.95 Å². The molecular weight excluding hydrogens is 252 g/mol. The Morgan fingerprint density at radius 3 is 2.65 bits per heavy atom. The van der Waals surface area contributed by atoms with Gasteiger partial charge in [-0.1, -0.05) is 6.07 Å². The average molecular weight is 270 g/mol. The molecule has 0 fully saturated rings. The molecule has 2 aromatic heterocycles. The number of nitrogens with zero attached hydrogens (tertiary/aromatic N) is 4. The van der Waals surface area contributed by atoms with Gasteiger partial charge >= 0.3 is 0 Å². The van der Waals surface area contributed by atoms with Crippen LogP contribution in [-0.4, -0.2) is 27.3 Å². The maximum absolute atomic E-state index is 7.36. The van der Waals surface area contributed by atoms with Crippen molar-refractivity contribution in [3.05, 3.63) is 48.0 Å². The Morgan fingerprint density at radius 2 is 2.05 bits per heavy atom. The maximum atomic E-state index is 7.36. The van der Waals surface area contributed by atoms with E-state index < -0.39 is 0 Å². The summed E-state index contributed by atoms with van der Waals surface area (Å²) >= 11 is 0. The van der Waals surface area contributed by atoms with Gasteiger partial charge in [-0.2, -0.15) is 0 Å². The number of aryl methyl sites for hydroxylation is 1. The highest BCUT2D eigenvalue weighted by Crippen LogP contribution is 2.12. The van der Waals surface area contributed by atoms with E-state index in [9.17, 15) is 0 Å². The van der Waals surface area contributed by atoms with Crippen LogP contribution in [-0.2, 0) is 6.54 Å². The number of pyridine rings is 1. The van der Waals surface area contributed by atoms with E-state index in [0.29, 0.717) is 25.5 Å². The van der Waals surface area contributed by atoms with Crippen molar-refractivity contribution in [1.29, 1.82) is 5.41 Å². The predicted molar refractivity (Wildman–Crippen MR) is 78.6 cm³/mol. The van der Waals surface area contributed by atoms with Crippen molar-refractivity contribution in [3.63, 3.8) is 0 Å². The van der Waals surface area contributed by atoms with E-state index in [1.54, 1.807) is 18.6 Å². The molecular formula is C14H18N6. The van der Waals surface area contributed by atoms with Gasteiger partial charge in [-0.05, 0) is 24.1 Å². The van der Waals surface area contributed by atoms with Crippen molar-refractivity contribution in [2.24, 2.45) is 5.73 Å². The Morgan fingerprint density at radius 1 is 1.30 bits per heavy atom. The first kappa shape index (κ1) is 13.9. The molecule has 0 atom stereocenters. The Labute approximate surface area is 118 Å². The van der Waals surface area contributed by atoms with Crippen molar-refractivity contribution in [2.75, 3.05) is 11.4 Å². The van der Waals surface area contributed by atoms with E-state index in [1.165, 1.54) is 0 Å². The number of aromatic nitrogens is 3. The molecule has 3 N–H and O–H groups in total. The molecule has 2 aromatic rings. The monoisotopic (exact) mass is 270 g/mol. The van der Waals surface area contributed by atoms with Crippen molar-refractivity contribution in [3.8, 4) is 0 Å². The number of rotatable bonds is 6. The molecule has 2 heterocycles. The fourth-order valence-electron chi connectivity index (χ4n) is 1.77. The first-order chi connectivity index (χ1) is 9.65. The Balaban J connectivity index is 2.15. The molecule has 6 heteroatoms. The Hall–Kier alpha value is -2.50. The minimum Gasteiger partial charge on any atom is -0.388 e. The van der Waals surface area contributed by atoms with Crippen LogP contribution in [0.15, 0.2) is 36.9 Å². The van der Waals surface area contributed by atoms with Gasteiger partial charge in [0.05, 0.1) is 5.84 Å². The fourth-order valence-corrected chi connectivity index (χ4v) is 1.77. The van der Waals surface area contributed by atoms with Gasteiger partial charge in [0, 0.05) is 44.3 Å². The number of amidine groups is 1. The van der Waals surface area contributed by atoms with Crippen LogP contribution in [0.5, 0.6) is 0 Å². The zero-order chi connectivity index (χ0) is 14.4. The minimum atomic E-state index is 0.160. The third-order valence-corrected chi connectivity index (χ3v) is 2.80. The summed E-state index contributed by atoms with van der Waals surface area (Å²) in [6.45, 7) is 3.20. The van der Waals surface area contributed by atoms with Gasteiger partial charge in [0.1, 0.15) is 0 Å². The first-order valence-electron chi connectivity index (χ1n) is 6.40. The highest BCUT2D eigenvalue weighted by atomic mass is 15.2. The molecule has 2 rings (SSSR count). The first-order valence-corrected chi connectivity index (χ1v) is 6.40. The quantitative estimate of drug-likeness (QED) is 0.613. The minimum absolute atomic E-state index is 0.160. The van der Waals surface area contributed by atoms with Crippen LogP contribution in [0.1, 0.15) is 17.5 Å². The summed E-state index contributed by atoms with van der Waals surface area (Å²) < 4.78 is 0.